The Hall–Kier alpha value is -1.12. The van der Waals surface area contributed by atoms with Crippen LogP contribution in [0.2, 0.25) is 0 Å². The molecule has 8 heteroatoms. The lowest BCUT2D eigenvalue weighted by atomic mass is 10.2. The van der Waals surface area contributed by atoms with Crippen molar-refractivity contribution in [2.24, 2.45) is 0 Å². The van der Waals surface area contributed by atoms with Crippen LogP contribution in [-0.2, 0) is 25.6 Å². The first kappa shape index (κ1) is 15.9. The molecule has 1 aromatic carbocycles. The van der Waals surface area contributed by atoms with Gasteiger partial charge in [-0.1, -0.05) is 12.1 Å². The van der Waals surface area contributed by atoms with Crippen molar-refractivity contribution in [3.8, 4) is 0 Å². The Bertz CT molecular complexity index is 624. The first-order valence-electron chi connectivity index (χ1n) is 5.67. The third kappa shape index (κ3) is 7.14. The van der Waals surface area contributed by atoms with Crippen LogP contribution in [-0.4, -0.2) is 35.4 Å². The Morgan fingerprint density at radius 1 is 1.21 bits per heavy atom. The molecule has 0 fully saturated rings. The lowest BCUT2D eigenvalue weighted by molar-refractivity contribution is 0.576. The quantitative estimate of drug-likeness (QED) is 0.550. The molecular weight excluding hydrogens is 288 g/mol. The molecule has 0 saturated heterocycles. The molecule has 0 aliphatic rings. The van der Waals surface area contributed by atoms with E-state index in [0.717, 1.165) is 6.26 Å². The van der Waals surface area contributed by atoms with E-state index >= 15 is 0 Å². The van der Waals surface area contributed by atoms with Gasteiger partial charge in [0.25, 0.3) is 0 Å². The van der Waals surface area contributed by atoms with Crippen LogP contribution in [0.4, 0.5) is 5.69 Å². The smallest absolute Gasteiger partial charge is 0.215 e. The molecule has 0 heterocycles. The minimum Gasteiger partial charge on any atom is -0.399 e. The van der Waals surface area contributed by atoms with Gasteiger partial charge in [-0.25, -0.2) is 21.6 Å². The van der Waals surface area contributed by atoms with Crippen molar-refractivity contribution in [3.05, 3.63) is 29.8 Å². The summed E-state index contributed by atoms with van der Waals surface area (Å²) in [5.41, 5.74) is 6.66. The normalized spacial score (nSPS) is 12.5. The van der Waals surface area contributed by atoms with Gasteiger partial charge in [0.05, 0.1) is 11.5 Å². The van der Waals surface area contributed by atoms with Gasteiger partial charge < -0.3 is 5.73 Å². The highest BCUT2D eigenvalue weighted by Crippen LogP contribution is 2.09. The first-order valence-corrected chi connectivity index (χ1v) is 9.39. The number of hydrogen-bond acceptors (Lipinski definition) is 5. The molecule has 0 saturated carbocycles. The number of nitrogens with two attached hydrogens (primary N) is 1. The average Bonchev–Trinajstić information content (AvgIpc) is 2.22. The second-order valence-electron chi connectivity index (χ2n) is 4.38. The van der Waals surface area contributed by atoms with E-state index in [-0.39, 0.29) is 24.5 Å². The zero-order valence-electron chi connectivity index (χ0n) is 10.7. The van der Waals surface area contributed by atoms with E-state index in [9.17, 15) is 16.8 Å². The highest BCUT2D eigenvalue weighted by molar-refractivity contribution is 7.90. The fourth-order valence-corrected chi connectivity index (χ4v) is 3.36. The minimum absolute atomic E-state index is 0.0339. The highest BCUT2D eigenvalue weighted by Gasteiger charge is 2.11. The maximum Gasteiger partial charge on any atom is 0.215 e. The van der Waals surface area contributed by atoms with E-state index in [0.29, 0.717) is 11.3 Å². The second-order valence-corrected chi connectivity index (χ2v) is 8.45. The van der Waals surface area contributed by atoms with E-state index < -0.39 is 19.9 Å². The maximum atomic E-state index is 11.7. The average molecular weight is 306 g/mol. The molecule has 0 amide bonds. The van der Waals surface area contributed by atoms with Gasteiger partial charge in [0.15, 0.2) is 0 Å². The van der Waals surface area contributed by atoms with Crippen LogP contribution < -0.4 is 10.5 Å². The number of sulfonamides is 1. The van der Waals surface area contributed by atoms with Gasteiger partial charge in [-0.3, -0.25) is 0 Å². The number of hydrogen-bond donors (Lipinski definition) is 2. The van der Waals surface area contributed by atoms with Crippen LogP contribution in [0.1, 0.15) is 12.0 Å². The molecule has 0 aliphatic carbocycles. The topological polar surface area (TPSA) is 106 Å². The number of sulfone groups is 1. The van der Waals surface area contributed by atoms with Crippen LogP contribution in [0.3, 0.4) is 0 Å². The molecule has 0 atom stereocenters. The molecule has 0 aliphatic heterocycles. The number of nitrogens with one attached hydrogen (secondary N) is 1. The Balaban J connectivity index is 2.49. The van der Waals surface area contributed by atoms with E-state index in [1.54, 1.807) is 24.3 Å². The van der Waals surface area contributed by atoms with Crippen molar-refractivity contribution < 1.29 is 16.8 Å². The van der Waals surface area contributed by atoms with Crippen LogP contribution in [0.25, 0.3) is 0 Å². The maximum absolute atomic E-state index is 11.7. The molecule has 3 N–H and O–H groups in total. The monoisotopic (exact) mass is 306 g/mol. The first-order chi connectivity index (χ1) is 8.68. The van der Waals surface area contributed by atoms with Gasteiger partial charge in [-0.2, -0.15) is 0 Å². The zero-order chi connectivity index (χ0) is 14.5. The minimum atomic E-state index is -3.47. The molecule has 0 aromatic heterocycles. The Kier molecular flexibility index (Phi) is 5.33. The summed E-state index contributed by atoms with van der Waals surface area (Å²) in [6.45, 7) is 0.109. The summed E-state index contributed by atoms with van der Waals surface area (Å²) >= 11 is 0. The standard InChI is InChI=1S/C11H18N2O4S2/c1-18(14,15)7-3-6-13-19(16,17)9-10-4-2-5-11(12)8-10/h2,4-5,8,13H,3,6-7,9,12H2,1H3. The van der Waals surface area contributed by atoms with Crippen molar-refractivity contribution in [1.82, 2.24) is 4.72 Å². The summed E-state index contributed by atoms with van der Waals surface area (Å²) in [5, 5.41) is 0. The van der Waals surface area contributed by atoms with Crippen molar-refractivity contribution in [1.29, 1.82) is 0 Å². The Morgan fingerprint density at radius 2 is 1.89 bits per heavy atom. The molecule has 1 rings (SSSR count). The molecule has 19 heavy (non-hydrogen) atoms. The van der Waals surface area contributed by atoms with Crippen LogP contribution in [0, 0.1) is 0 Å². The zero-order valence-corrected chi connectivity index (χ0v) is 12.3. The van der Waals surface area contributed by atoms with Gasteiger partial charge in [0.1, 0.15) is 9.84 Å². The summed E-state index contributed by atoms with van der Waals surface area (Å²) in [7, 11) is -6.53. The molecular formula is C11H18N2O4S2. The predicted octanol–water partition coefficient (Wildman–Crippen LogP) is 0.123. The summed E-state index contributed by atoms with van der Waals surface area (Å²) in [6, 6.07) is 6.63. The number of benzene rings is 1. The number of anilines is 1. The molecule has 108 valence electrons. The second kappa shape index (κ2) is 6.36. The number of rotatable bonds is 7. The van der Waals surface area contributed by atoms with Crippen molar-refractivity contribution in [3.63, 3.8) is 0 Å². The molecule has 6 nitrogen and oxygen atoms in total. The third-order valence-corrected chi connectivity index (χ3v) is 4.71. The summed E-state index contributed by atoms with van der Waals surface area (Å²) in [4.78, 5) is 0. The molecule has 0 unspecified atom stereocenters. The van der Waals surface area contributed by atoms with Crippen molar-refractivity contribution in [2.45, 2.75) is 12.2 Å². The van der Waals surface area contributed by atoms with Crippen LogP contribution in [0.15, 0.2) is 24.3 Å². The van der Waals surface area contributed by atoms with E-state index in [1.807, 2.05) is 0 Å². The van der Waals surface area contributed by atoms with E-state index in [1.165, 1.54) is 0 Å². The largest absolute Gasteiger partial charge is 0.399 e. The van der Waals surface area contributed by atoms with Gasteiger partial charge in [0, 0.05) is 18.5 Å². The summed E-state index contributed by atoms with van der Waals surface area (Å²) in [6.07, 6.45) is 1.38. The van der Waals surface area contributed by atoms with Gasteiger partial charge in [-0.15, -0.1) is 0 Å². The van der Waals surface area contributed by atoms with Crippen molar-refractivity contribution >= 4 is 25.5 Å². The lowest BCUT2D eigenvalue weighted by Gasteiger charge is -2.07. The van der Waals surface area contributed by atoms with E-state index in [2.05, 4.69) is 4.72 Å². The Morgan fingerprint density at radius 3 is 2.47 bits per heavy atom. The van der Waals surface area contributed by atoms with E-state index in [4.69, 9.17) is 5.73 Å². The van der Waals surface area contributed by atoms with Gasteiger partial charge in [0.2, 0.25) is 10.0 Å². The SMILES string of the molecule is CS(=O)(=O)CCCNS(=O)(=O)Cc1cccc(N)c1. The fourth-order valence-electron chi connectivity index (χ4n) is 1.52. The summed E-state index contributed by atoms with van der Waals surface area (Å²) < 4.78 is 47.6. The Labute approximate surface area is 114 Å². The molecule has 0 radical (unpaired) electrons. The number of nitrogen functional groups attached to an aromatic ring is 1. The van der Waals surface area contributed by atoms with Gasteiger partial charge >= 0.3 is 0 Å². The summed E-state index contributed by atoms with van der Waals surface area (Å²) in [5.74, 6) is -0.204. The predicted molar refractivity (Wildman–Crippen MR) is 75.8 cm³/mol. The third-order valence-electron chi connectivity index (χ3n) is 2.32. The van der Waals surface area contributed by atoms with Crippen molar-refractivity contribution in [2.75, 3.05) is 24.3 Å². The fraction of sp³-hybridized carbons (Fsp3) is 0.455. The van der Waals surface area contributed by atoms with Crippen LogP contribution in [0.5, 0.6) is 0 Å². The van der Waals surface area contributed by atoms with Gasteiger partial charge in [-0.05, 0) is 24.1 Å². The highest BCUT2D eigenvalue weighted by atomic mass is 32.2. The van der Waals surface area contributed by atoms with Crippen LogP contribution >= 0.6 is 0 Å². The molecule has 0 spiro atoms. The lowest BCUT2D eigenvalue weighted by Crippen LogP contribution is -2.27. The molecule has 1 aromatic rings. The molecule has 0 bridgehead atoms.